The van der Waals surface area contributed by atoms with E-state index >= 15 is 0 Å². The van der Waals surface area contributed by atoms with Crippen molar-refractivity contribution < 1.29 is 27.7 Å². The minimum Gasteiger partial charge on any atom is -0.456 e. The van der Waals surface area contributed by atoms with Gasteiger partial charge in [0.25, 0.3) is 0 Å². The fourth-order valence-corrected chi connectivity index (χ4v) is 4.96. The van der Waals surface area contributed by atoms with Gasteiger partial charge in [-0.1, -0.05) is 127 Å². The van der Waals surface area contributed by atoms with Crippen LogP contribution in [0.3, 0.4) is 0 Å². The van der Waals surface area contributed by atoms with Crippen LogP contribution in [0.15, 0.2) is 150 Å². The Bertz CT molecular complexity index is 2970. The molecule has 0 spiro atoms. The molecule has 0 saturated carbocycles. The highest BCUT2D eigenvalue weighted by molar-refractivity contribution is 6.21. The van der Waals surface area contributed by atoms with Crippen molar-refractivity contribution in [1.82, 2.24) is 0 Å². The van der Waals surface area contributed by atoms with Crippen molar-refractivity contribution in [2.75, 3.05) is 0 Å². The van der Waals surface area contributed by atoms with Crippen LogP contribution in [0.5, 0.6) is 0 Å². The zero-order valence-electron chi connectivity index (χ0n) is 36.9. The Hall–Kier alpha value is -5.14. The van der Waals surface area contributed by atoms with E-state index in [0.29, 0.717) is 22.1 Å². The third-order valence-electron chi connectivity index (χ3n) is 6.67. The third kappa shape index (κ3) is 3.48. The van der Waals surface area contributed by atoms with Crippen LogP contribution in [0, 0.1) is 0 Å². The van der Waals surface area contributed by atoms with Crippen molar-refractivity contribution in [3.05, 3.63) is 145 Å². The molecule has 0 bridgehead atoms. The molecular weight excluding hydrogens is 472 g/mol. The zero-order valence-corrected chi connectivity index (χ0v) is 19.9. The number of rotatable bonds is 3. The van der Waals surface area contributed by atoms with Gasteiger partial charge in [0.15, 0.2) is 0 Å². The smallest absolute Gasteiger partial charge is 0.135 e. The summed E-state index contributed by atoms with van der Waals surface area (Å²) in [5.74, 6) is 0. The summed E-state index contributed by atoms with van der Waals surface area (Å²) >= 11 is 0. The number of fused-ring (bicyclic) bond motifs is 5. The van der Waals surface area contributed by atoms with E-state index in [-0.39, 0.29) is 5.56 Å². The third-order valence-corrected chi connectivity index (χ3v) is 6.67. The number of hydrogen-bond acceptors (Lipinski definition) is 1. The molecule has 0 aliphatic heterocycles. The van der Waals surface area contributed by atoms with E-state index in [1.165, 1.54) is 0 Å². The van der Waals surface area contributed by atoms with Gasteiger partial charge >= 0.3 is 0 Å². The standard InChI is InChI=1S/C38H24O/c1-2-10-26(11-3-1)37-30-13-4-6-15-32(30)38(33-16-7-5-14-31(33)37)27-20-18-25(19-21-27)28-22-23-36-34(24-28)29-12-8-9-17-35(29)39-36/h1-24H/i1D,2D,3D,4D,5D,6D,7D,10D,11D,13D,14D,15D,16D,18D,19D,20D,21D. The summed E-state index contributed by atoms with van der Waals surface area (Å²) in [7, 11) is 0. The number of para-hydroxylation sites is 1. The SMILES string of the molecule is [2H]c1c([2H])c([2H])c(-c2c3c([2H])c([2H])c([2H])c([2H])c3c(-c3c([2H])c([2H])c(-c4ccc5oc6ccccc6c5c4)c([2H])c3[2H])c3c([2H])c([2H])c([2H])c([2H])c23)c([2H])c1[2H]. The summed E-state index contributed by atoms with van der Waals surface area (Å²) in [5, 5.41) is -0.645. The molecule has 39 heavy (non-hydrogen) atoms. The Morgan fingerprint density at radius 1 is 0.385 bits per heavy atom. The summed E-state index contributed by atoms with van der Waals surface area (Å²) in [4.78, 5) is 0. The van der Waals surface area contributed by atoms with Gasteiger partial charge in [0.1, 0.15) is 11.2 Å². The van der Waals surface area contributed by atoms with Crippen molar-refractivity contribution in [2.24, 2.45) is 0 Å². The molecule has 0 fully saturated rings. The molecule has 7 aromatic carbocycles. The molecule has 1 heterocycles. The van der Waals surface area contributed by atoms with Gasteiger partial charge in [0, 0.05) is 10.8 Å². The molecule has 0 N–H and O–H groups in total. The normalized spacial score (nSPS) is 17.7. The lowest BCUT2D eigenvalue weighted by Crippen LogP contribution is -1.90. The van der Waals surface area contributed by atoms with Gasteiger partial charge in [-0.05, 0) is 73.1 Å². The highest BCUT2D eigenvalue weighted by Gasteiger charge is 2.16. The summed E-state index contributed by atoms with van der Waals surface area (Å²) < 4.78 is 157. The average Bonchev–Trinajstić information content (AvgIpc) is 3.56. The minimum absolute atomic E-state index is 0.121. The van der Waals surface area contributed by atoms with Crippen molar-refractivity contribution in [3.63, 3.8) is 0 Å². The number of benzene rings is 7. The maximum absolute atomic E-state index is 9.36. The van der Waals surface area contributed by atoms with E-state index in [4.69, 9.17) is 22.2 Å². The van der Waals surface area contributed by atoms with Gasteiger partial charge in [-0.15, -0.1) is 0 Å². The van der Waals surface area contributed by atoms with E-state index in [0.717, 1.165) is 5.39 Å². The highest BCUT2D eigenvalue weighted by atomic mass is 16.3. The first-order valence-corrected chi connectivity index (χ1v) is 12.0. The van der Waals surface area contributed by atoms with Crippen molar-refractivity contribution in [1.29, 1.82) is 0 Å². The van der Waals surface area contributed by atoms with Crippen molar-refractivity contribution in [2.45, 2.75) is 0 Å². The molecule has 0 radical (unpaired) electrons. The van der Waals surface area contributed by atoms with Crippen molar-refractivity contribution >= 4 is 43.5 Å². The second kappa shape index (κ2) is 8.72. The number of furan rings is 1. The Morgan fingerprint density at radius 2 is 0.897 bits per heavy atom. The fourth-order valence-electron chi connectivity index (χ4n) is 4.96. The molecule has 1 aromatic heterocycles. The van der Waals surface area contributed by atoms with Crippen LogP contribution < -0.4 is 0 Å². The van der Waals surface area contributed by atoms with Gasteiger partial charge in [-0.25, -0.2) is 0 Å². The predicted molar refractivity (Wildman–Crippen MR) is 165 cm³/mol. The lowest BCUT2D eigenvalue weighted by molar-refractivity contribution is 0.669. The molecule has 0 unspecified atom stereocenters. The van der Waals surface area contributed by atoms with Gasteiger partial charge in [0.2, 0.25) is 0 Å². The van der Waals surface area contributed by atoms with E-state index in [9.17, 15) is 5.48 Å². The maximum Gasteiger partial charge on any atom is 0.135 e. The molecule has 0 amide bonds. The van der Waals surface area contributed by atoms with Gasteiger partial charge < -0.3 is 4.42 Å². The molecule has 8 rings (SSSR count). The predicted octanol–water partition coefficient (Wildman–Crippen LogP) is 10.9. The monoisotopic (exact) mass is 513 g/mol. The molecule has 182 valence electrons. The van der Waals surface area contributed by atoms with Gasteiger partial charge in [0.05, 0.1) is 23.3 Å². The molecule has 0 aliphatic rings. The summed E-state index contributed by atoms with van der Waals surface area (Å²) in [6, 6.07) is -0.929. The van der Waals surface area contributed by atoms with E-state index in [2.05, 4.69) is 0 Å². The van der Waals surface area contributed by atoms with Crippen molar-refractivity contribution in [3.8, 4) is 33.4 Å². The molecule has 1 nitrogen and oxygen atoms in total. The highest BCUT2D eigenvalue weighted by Crippen LogP contribution is 2.44. The van der Waals surface area contributed by atoms with Gasteiger partial charge in [-0.3, -0.25) is 0 Å². The van der Waals surface area contributed by atoms with E-state index in [1.807, 2.05) is 12.1 Å². The second-order valence-corrected chi connectivity index (χ2v) is 8.81. The Morgan fingerprint density at radius 3 is 1.54 bits per heavy atom. The lowest BCUT2D eigenvalue weighted by Gasteiger charge is -2.18. The fraction of sp³-hybridized carbons (Fsp3) is 0. The average molecular weight is 514 g/mol. The van der Waals surface area contributed by atoms with E-state index in [1.54, 1.807) is 30.3 Å². The maximum atomic E-state index is 9.36. The summed E-state index contributed by atoms with van der Waals surface area (Å²) in [6.45, 7) is 0. The summed E-state index contributed by atoms with van der Waals surface area (Å²) in [5.41, 5.74) is -0.864. The minimum atomic E-state index is -0.820. The molecule has 0 saturated heterocycles. The van der Waals surface area contributed by atoms with Crippen LogP contribution in [0.1, 0.15) is 23.3 Å². The zero-order chi connectivity index (χ0) is 40.6. The van der Waals surface area contributed by atoms with E-state index < -0.39 is 147 Å². The topological polar surface area (TPSA) is 13.1 Å². The quantitative estimate of drug-likeness (QED) is 0.214. The van der Waals surface area contributed by atoms with Crippen LogP contribution in [0.2, 0.25) is 0 Å². The summed E-state index contributed by atoms with van der Waals surface area (Å²) in [6.07, 6.45) is 0. The molecule has 8 aromatic rings. The number of hydrogen-bond donors (Lipinski definition) is 0. The first-order valence-electron chi connectivity index (χ1n) is 20.5. The Kier molecular flexibility index (Phi) is 2.44. The first kappa shape index (κ1) is 10.9. The van der Waals surface area contributed by atoms with Crippen LogP contribution in [-0.2, 0) is 0 Å². The Balaban J connectivity index is 1.61. The molecule has 1 heteroatoms. The lowest BCUT2D eigenvalue weighted by atomic mass is 9.86. The second-order valence-electron chi connectivity index (χ2n) is 8.81. The molecule has 0 aliphatic carbocycles. The molecular formula is C38H24O. The largest absolute Gasteiger partial charge is 0.456 e. The first-order chi connectivity index (χ1) is 26.4. The van der Waals surface area contributed by atoms with Gasteiger partial charge in [-0.2, -0.15) is 0 Å². The van der Waals surface area contributed by atoms with Crippen LogP contribution in [0.25, 0.3) is 76.9 Å². The van der Waals surface area contributed by atoms with Crippen LogP contribution >= 0.6 is 0 Å². The van der Waals surface area contributed by atoms with Crippen LogP contribution in [0.4, 0.5) is 0 Å². The van der Waals surface area contributed by atoms with Crippen LogP contribution in [-0.4, -0.2) is 0 Å². The molecule has 0 atom stereocenters. The Labute approximate surface area is 250 Å².